The molecule has 1 aromatic carbocycles. The molecule has 5 nitrogen and oxygen atoms in total. The maximum Gasteiger partial charge on any atom is 0.332 e. The van der Waals surface area contributed by atoms with Gasteiger partial charge in [0.05, 0.1) is 5.39 Å². The van der Waals surface area contributed by atoms with Gasteiger partial charge < -0.3 is 0 Å². The van der Waals surface area contributed by atoms with E-state index in [0.29, 0.717) is 11.0 Å². The quantitative estimate of drug-likeness (QED) is 0.663. The lowest BCUT2D eigenvalue weighted by Crippen LogP contribution is -2.37. The molecule has 2 aromatic heterocycles. The Kier molecular flexibility index (Phi) is 5.05. The van der Waals surface area contributed by atoms with E-state index >= 15 is 0 Å². The number of fused-ring (bicyclic) bond motifs is 1. The van der Waals surface area contributed by atoms with Crippen LogP contribution in [0.15, 0.2) is 38.9 Å². The molecule has 3 rings (SSSR count). The molecule has 0 aliphatic heterocycles. The van der Waals surface area contributed by atoms with Crippen LogP contribution in [-0.4, -0.2) is 14.1 Å². The molecule has 6 heteroatoms. The molecular weight excluding hydrogens is 346 g/mol. The van der Waals surface area contributed by atoms with Crippen molar-refractivity contribution in [3.05, 3.63) is 67.5 Å². The fourth-order valence-corrected chi connectivity index (χ4v) is 4.38. The number of nitrogens with zero attached hydrogens (tertiary/aromatic N) is 3. The van der Waals surface area contributed by atoms with Crippen molar-refractivity contribution < 1.29 is 0 Å². The number of rotatable bonds is 4. The smallest absolute Gasteiger partial charge is 0.280 e. The molecule has 0 aliphatic rings. The minimum absolute atomic E-state index is 0.283. The van der Waals surface area contributed by atoms with Crippen molar-refractivity contribution in [2.24, 2.45) is 14.1 Å². The third-order valence-corrected chi connectivity index (χ3v) is 5.96. The summed E-state index contributed by atoms with van der Waals surface area (Å²) in [6, 6.07) is 6.42. The molecular formula is C20H23N3O2S. The highest BCUT2D eigenvalue weighted by Crippen LogP contribution is 2.32. The van der Waals surface area contributed by atoms with Crippen molar-refractivity contribution in [2.75, 3.05) is 0 Å². The predicted octanol–water partition coefficient (Wildman–Crippen LogP) is 3.10. The van der Waals surface area contributed by atoms with Gasteiger partial charge in [0.25, 0.3) is 5.56 Å². The topological polar surface area (TPSA) is 56.9 Å². The maximum atomic E-state index is 12.8. The molecule has 0 unspecified atom stereocenters. The molecule has 0 bridgehead atoms. The standard InChI is InChI=1S/C20H23N3O2S/c1-6-14-10-21-18-16(19(24)23(5)20(25)22(18)4)17(14)26-11-15-9-12(2)7-8-13(15)3/h7-10H,6,11H2,1-5H3. The summed E-state index contributed by atoms with van der Waals surface area (Å²) in [5, 5.41) is 0.532. The normalized spacial score (nSPS) is 11.3. The van der Waals surface area contributed by atoms with Crippen LogP contribution in [0, 0.1) is 13.8 Å². The second-order valence-corrected chi connectivity index (χ2v) is 7.57. The fourth-order valence-electron chi connectivity index (χ4n) is 3.06. The lowest BCUT2D eigenvalue weighted by molar-refractivity contribution is 0.705. The summed E-state index contributed by atoms with van der Waals surface area (Å²) in [7, 11) is 3.17. The van der Waals surface area contributed by atoms with Gasteiger partial charge >= 0.3 is 5.69 Å². The monoisotopic (exact) mass is 369 g/mol. The Balaban J connectivity index is 2.19. The summed E-state index contributed by atoms with van der Waals surface area (Å²) in [6.45, 7) is 6.24. The number of hydrogen-bond acceptors (Lipinski definition) is 4. The third kappa shape index (κ3) is 3.09. The second-order valence-electron chi connectivity index (χ2n) is 6.59. The molecule has 0 atom stereocenters. The molecule has 0 N–H and O–H groups in total. The summed E-state index contributed by atoms with van der Waals surface area (Å²) < 4.78 is 2.60. The molecule has 2 heterocycles. The summed E-state index contributed by atoms with van der Waals surface area (Å²) in [6.07, 6.45) is 2.57. The van der Waals surface area contributed by atoms with Crippen LogP contribution in [0.4, 0.5) is 0 Å². The van der Waals surface area contributed by atoms with E-state index in [-0.39, 0.29) is 11.2 Å². The van der Waals surface area contributed by atoms with Crippen LogP contribution in [0.25, 0.3) is 11.0 Å². The lowest BCUT2D eigenvalue weighted by atomic mass is 10.1. The molecule has 0 aliphatic carbocycles. The van der Waals surface area contributed by atoms with E-state index in [4.69, 9.17) is 0 Å². The highest BCUT2D eigenvalue weighted by molar-refractivity contribution is 7.98. The van der Waals surface area contributed by atoms with Gasteiger partial charge in [0.2, 0.25) is 0 Å². The van der Waals surface area contributed by atoms with Gasteiger partial charge in [0, 0.05) is 30.9 Å². The van der Waals surface area contributed by atoms with Crippen LogP contribution in [0.2, 0.25) is 0 Å². The Morgan fingerprint density at radius 1 is 1.08 bits per heavy atom. The number of aryl methyl sites for hydroxylation is 4. The van der Waals surface area contributed by atoms with Crippen LogP contribution < -0.4 is 11.2 Å². The first kappa shape index (κ1) is 18.5. The minimum atomic E-state index is -0.357. The van der Waals surface area contributed by atoms with E-state index in [1.807, 2.05) is 0 Å². The molecule has 0 saturated carbocycles. The minimum Gasteiger partial charge on any atom is -0.280 e. The van der Waals surface area contributed by atoms with E-state index < -0.39 is 0 Å². The summed E-state index contributed by atoms with van der Waals surface area (Å²) in [5.74, 6) is 0.769. The van der Waals surface area contributed by atoms with Crippen LogP contribution in [0.3, 0.4) is 0 Å². The molecule has 0 amide bonds. The van der Waals surface area contributed by atoms with E-state index in [0.717, 1.165) is 27.2 Å². The Morgan fingerprint density at radius 2 is 1.81 bits per heavy atom. The van der Waals surface area contributed by atoms with Gasteiger partial charge in [0.15, 0.2) is 0 Å². The van der Waals surface area contributed by atoms with E-state index in [1.165, 1.54) is 28.3 Å². The summed E-state index contributed by atoms with van der Waals surface area (Å²) in [5.41, 5.74) is 4.55. The number of hydrogen-bond donors (Lipinski definition) is 0. The maximum absolute atomic E-state index is 12.8. The second kappa shape index (κ2) is 7.11. The number of benzene rings is 1. The zero-order chi connectivity index (χ0) is 19.0. The van der Waals surface area contributed by atoms with Gasteiger partial charge in [-0.05, 0) is 37.0 Å². The Morgan fingerprint density at radius 3 is 2.50 bits per heavy atom. The van der Waals surface area contributed by atoms with Crippen molar-refractivity contribution in [1.29, 1.82) is 0 Å². The number of pyridine rings is 1. The zero-order valence-corrected chi connectivity index (χ0v) is 16.6. The van der Waals surface area contributed by atoms with Crippen molar-refractivity contribution >= 4 is 22.8 Å². The fraction of sp³-hybridized carbons (Fsp3) is 0.350. The van der Waals surface area contributed by atoms with Crippen LogP contribution >= 0.6 is 11.8 Å². The summed E-state index contributed by atoms with van der Waals surface area (Å²) >= 11 is 1.65. The predicted molar refractivity (Wildman–Crippen MR) is 107 cm³/mol. The van der Waals surface area contributed by atoms with Crippen molar-refractivity contribution in [3.8, 4) is 0 Å². The molecule has 3 aromatic rings. The molecule has 136 valence electrons. The first-order valence-electron chi connectivity index (χ1n) is 8.61. The molecule has 26 heavy (non-hydrogen) atoms. The zero-order valence-electron chi connectivity index (χ0n) is 15.8. The summed E-state index contributed by atoms with van der Waals surface area (Å²) in [4.78, 5) is 30.4. The molecule has 0 radical (unpaired) electrons. The highest BCUT2D eigenvalue weighted by atomic mass is 32.2. The molecule has 0 fully saturated rings. The van der Waals surface area contributed by atoms with E-state index in [9.17, 15) is 9.59 Å². The number of aromatic nitrogens is 3. The van der Waals surface area contributed by atoms with Crippen molar-refractivity contribution in [2.45, 2.75) is 37.8 Å². The average Bonchev–Trinajstić information content (AvgIpc) is 2.64. The SMILES string of the molecule is CCc1cnc2c(c1SCc1cc(C)ccc1C)c(=O)n(C)c(=O)n2C. The molecule has 0 spiro atoms. The first-order chi connectivity index (χ1) is 12.3. The van der Waals surface area contributed by atoms with Crippen molar-refractivity contribution in [3.63, 3.8) is 0 Å². The Labute approximate surface area is 156 Å². The van der Waals surface area contributed by atoms with Crippen molar-refractivity contribution in [1.82, 2.24) is 14.1 Å². The van der Waals surface area contributed by atoms with E-state index in [1.54, 1.807) is 25.0 Å². The lowest BCUT2D eigenvalue weighted by Gasteiger charge is -2.14. The third-order valence-electron chi connectivity index (χ3n) is 4.75. The Hall–Kier alpha value is -2.34. The van der Waals surface area contributed by atoms with Gasteiger partial charge in [-0.2, -0.15) is 0 Å². The highest BCUT2D eigenvalue weighted by Gasteiger charge is 2.17. The van der Waals surface area contributed by atoms with Crippen LogP contribution in [0.5, 0.6) is 0 Å². The van der Waals surface area contributed by atoms with Crippen LogP contribution in [0.1, 0.15) is 29.2 Å². The first-order valence-corrected chi connectivity index (χ1v) is 9.60. The van der Waals surface area contributed by atoms with Gasteiger partial charge in [0.1, 0.15) is 5.65 Å². The van der Waals surface area contributed by atoms with Gasteiger partial charge in [-0.25, -0.2) is 9.78 Å². The average molecular weight is 369 g/mol. The van der Waals surface area contributed by atoms with E-state index in [2.05, 4.69) is 44.0 Å². The van der Waals surface area contributed by atoms with Crippen LogP contribution in [-0.2, 0) is 26.3 Å². The van der Waals surface area contributed by atoms with Gasteiger partial charge in [-0.15, -0.1) is 11.8 Å². The van der Waals surface area contributed by atoms with Gasteiger partial charge in [-0.1, -0.05) is 30.7 Å². The molecule has 0 saturated heterocycles. The Bertz CT molecular complexity index is 1110. The van der Waals surface area contributed by atoms with Gasteiger partial charge in [-0.3, -0.25) is 13.9 Å². The largest absolute Gasteiger partial charge is 0.332 e. The number of thioether (sulfide) groups is 1.